The summed E-state index contributed by atoms with van der Waals surface area (Å²) in [5.41, 5.74) is 0.542. The maximum absolute atomic E-state index is 12.6. The second kappa shape index (κ2) is 14.6. The zero-order chi connectivity index (χ0) is 23.1. The largest absolute Gasteiger partial charge is 1.00 e. The Morgan fingerprint density at radius 2 is 1.28 bits per heavy atom. The van der Waals surface area contributed by atoms with Crippen LogP contribution in [0.1, 0.15) is 32.8 Å². The van der Waals surface area contributed by atoms with Gasteiger partial charge < -0.3 is 29.9 Å². The molecule has 4 rings (SSSR count). The van der Waals surface area contributed by atoms with E-state index in [0.29, 0.717) is 22.3 Å². The first-order valence-corrected chi connectivity index (χ1v) is 12.0. The number of aromatic hydroxyl groups is 1. The topological polar surface area (TPSA) is 160 Å². The van der Waals surface area contributed by atoms with E-state index in [1.807, 2.05) is 0 Å². The quantitative estimate of drug-likeness (QED) is 0.127. The van der Waals surface area contributed by atoms with Crippen molar-refractivity contribution in [1.82, 2.24) is 0 Å². The average Bonchev–Trinajstić information content (AvgIpc) is 3.01. The Bertz CT molecular complexity index is 1300. The van der Waals surface area contributed by atoms with Gasteiger partial charge in [-0.1, -0.05) is 42.5 Å². The average molecular weight is 574 g/mol. The van der Waals surface area contributed by atoms with Crippen LogP contribution in [0, 0.1) is 0 Å². The molecule has 0 fully saturated rings. The molecule has 1 aliphatic rings. The van der Waals surface area contributed by atoms with Gasteiger partial charge in [0.2, 0.25) is 0 Å². The fraction of sp³-hybridized carbons (Fsp3) is 0.0500. The Morgan fingerprint density at radius 3 is 1.81 bits per heavy atom. The first kappa shape index (κ1) is 37.0. The second-order valence-corrected chi connectivity index (χ2v) is 9.57. The maximum atomic E-state index is 12.6. The van der Waals surface area contributed by atoms with Gasteiger partial charge in [-0.3, -0.25) is 4.89 Å². The van der Waals surface area contributed by atoms with Gasteiger partial charge in [0.1, 0.15) is 11.5 Å². The number of phenols is 1. The minimum atomic E-state index is -5.27. The van der Waals surface area contributed by atoms with E-state index >= 15 is 0 Å². The number of esters is 1. The van der Waals surface area contributed by atoms with Crippen molar-refractivity contribution in [2.75, 3.05) is 0 Å². The number of hydrogen-bond donors (Lipinski definition) is 4. The van der Waals surface area contributed by atoms with E-state index in [4.69, 9.17) is 19.0 Å². The molecule has 3 aromatic carbocycles. The molecule has 1 heterocycles. The van der Waals surface area contributed by atoms with E-state index in [0.717, 1.165) is 0 Å². The molecule has 1 aliphatic heterocycles. The van der Waals surface area contributed by atoms with Crippen LogP contribution in [0.3, 0.4) is 0 Å². The molecule has 4 N–H and O–H groups in total. The molecular formula is C20H20Na4O10P2. The van der Waals surface area contributed by atoms with Crippen LogP contribution >= 0.6 is 15.6 Å². The monoisotopic (exact) mass is 574 g/mol. The van der Waals surface area contributed by atoms with Crippen LogP contribution in [0.5, 0.6) is 11.5 Å². The SMILES string of the molecule is O=C1OC(c2ccc(O)cc2)(c2ccc(OP(=O)(O)OP(=O)(O)O)cc2)c2ccccc21.[H-].[H-].[H-].[H-].[Na+].[Na+].[Na+].[Na+]. The van der Waals surface area contributed by atoms with Gasteiger partial charge in [0, 0.05) is 16.7 Å². The van der Waals surface area contributed by atoms with E-state index in [1.165, 1.54) is 36.4 Å². The molecule has 10 nitrogen and oxygen atoms in total. The Kier molecular flexibility index (Phi) is 15.0. The number of phenolic OH excluding ortho intramolecular Hbond substituents is 1. The molecule has 0 amide bonds. The number of phosphoric ester groups is 1. The molecule has 0 aromatic heterocycles. The summed E-state index contributed by atoms with van der Waals surface area (Å²) in [5.74, 6) is -0.746. The van der Waals surface area contributed by atoms with Crippen LogP contribution < -0.4 is 123 Å². The second-order valence-electron chi connectivity index (χ2n) is 6.82. The van der Waals surface area contributed by atoms with Gasteiger partial charge >= 0.3 is 140 Å². The first-order valence-electron chi connectivity index (χ1n) is 9.02. The fourth-order valence-electron chi connectivity index (χ4n) is 3.54. The predicted octanol–water partition coefficient (Wildman–Crippen LogP) is -8.09. The van der Waals surface area contributed by atoms with Crippen molar-refractivity contribution in [2.45, 2.75) is 5.60 Å². The van der Waals surface area contributed by atoms with E-state index in [2.05, 4.69) is 4.31 Å². The molecule has 16 heteroatoms. The molecule has 0 saturated carbocycles. The maximum Gasteiger partial charge on any atom is 1.00 e. The van der Waals surface area contributed by atoms with Gasteiger partial charge in [0.15, 0.2) is 5.60 Å². The van der Waals surface area contributed by atoms with Crippen molar-refractivity contribution in [2.24, 2.45) is 0 Å². The number of benzene rings is 3. The summed E-state index contributed by atoms with van der Waals surface area (Å²) < 4.78 is 36.9. The van der Waals surface area contributed by atoms with Crippen molar-refractivity contribution < 1.29 is 171 Å². The zero-order valence-corrected chi connectivity index (χ0v) is 29.8. The number of rotatable bonds is 6. The van der Waals surface area contributed by atoms with Crippen LogP contribution in [0.2, 0.25) is 0 Å². The number of ether oxygens (including phenoxy) is 1. The van der Waals surface area contributed by atoms with Crippen molar-refractivity contribution in [3.63, 3.8) is 0 Å². The minimum Gasteiger partial charge on any atom is -1.00 e. The molecule has 0 spiro atoms. The van der Waals surface area contributed by atoms with Crippen LogP contribution in [0.25, 0.3) is 0 Å². The van der Waals surface area contributed by atoms with Crippen LogP contribution in [-0.4, -0.2) is 25.8 Å². The van der Waals surface area contributed by atoms with Gasteiger partial charge in [-0.05, 0) is 30.3 Å². The molecule has 0 aliphatic carbocycles. The Balaban J connectivity index is -0.000000510. The van der Waals surface area contributed by atoms with Gasteiger partial charge in [-0.2, -0.15) is 4.31 Å². The summed E-state index contributed by atoms with van der Waals surface area (Å²) in [4.78, 5) is 39.6. The van der Waals surface area contributed by atoms with Crippen molar-refractivity contribution in [3.8, 4) is 11.5 Å². The van der Waals surface area contributed by atoms with Crippen molar-refractivity contribution in [3.05, 3.63) is 95.1 Å². The number of cyclic esters (lactones) is 1. The van der Waals surface area contributed by atoms with Gasteiger partial charge in [0.05, 0.1) is 5.56 Å². The summed E-state index contributed by atoms with van der Waals surface area (Å²) in [6.45, 7) is 0. The van der Waals surface area contributed by atoms with E-state index in [1.54, 1.807) is 36.4 Å². The number of phosphoric acid groups is 2. The van der Waals surface area contributed by atoms with Crippen molar-refractivity contribution in [1.29, 1.82) is 0 Å². The van der Waals surface area contributed by atoms with Crippen LogP contribution in [-0.2, 0) is 23.8 Å². The third kappa shape index (κ3) is 8.27. The van der Waals surface area contributed by atoms with Crippen LogP contribution in [0.4, 0.5) is 0 Å². The van der Waals surface area contributed by atoms with Gasteiger partial charge in [0.25, 0.3) is 0 Å². The molecule has 3 aromatic rings. The molecule has 174 valence electrons. The summed E-state index contributed by atoms with van der Waals surface area (Å²) in [7, 11) is -10.4. The molecule has 36 heavy (non-hydrogen) atoms. The van der Waals surface area contributed by atoms with E-state index < -0.39 is 27.2 Å². The predicted molar refractivity (Wildman–Crippen MR) is 114 cm³/mol. The number of carbonyl (C=O) groups excluding carboxylic acids is 1. The summed E-state index contributed by atoms with van der Waals surface area (Å²) in [6.07, 6.45) is 0. The fourth-order valence-corrected chi connectivity index (χ4v) is 5.14. The number of carbonyl (C=O) groups is 1. The summed E-state index contributed by atoms with van der Waals surface area (Å²) >= 11 is 0. The Hall–Kier alpha value is 1.03. The normalized spacial score (nSPS) is 17.5. The van der Waals surface area contributed by atoms with Gasteiger partial charge in [-0.25, -0.2) is 13.9 Å². The zero-order valence-electron chi connectivity index (χ0n) is 24.1. The summed E-state index contributed by atoms with van der Waals surface area (Å²) in [6, 6.07) is 18.4. The Morgan fingerprint density at radius 1 is 0.778 bits per heavy atom. The Labute approximate surface area is 301 Å². The van der Waals surface area contributed by atoms with Crippen LogP contribution in [0.15, 0.2) is 72.8 Å². The van der Waals surface area contributed by atoms with Crippen molar-refractivity contribution >= 4 is 21.6 Å². The minimum absolute atomic E-state index is 0. The molecule has 2 unspecified atom stereocenters. The van der Waals surface area contributed by atoms with E-state index in [9.17, 15) is 23.9 Å². The molecule has 0 bridgehead atoms. The van der Waals surface area contributed by atoms with Gasteiger partial charge in [-0.15, -0.1) is 0 Å². The molecule has 0 saturated heterocycles. The third-order valence-electron chi connectivity index (χ3n) is 4.74. The third-order valence-corrected chi connectivity index (χ3v) is 6.85. The number of hydrogen-bond acceptors (Lipinski definition) is 7. The summed E-state index contributed by atoms with van der Waals surface area (Å²) in [5, 5.41) is 9.68. The molecular weight excluding hydrogens is 554 g/mol. The molecule has 0 radical (unpaired) electrons. The smallest absolute Gasteiger partial charge is 1.00 e. The molecule has 2 atom stereocenters. The number of fused-ring (bicyclic) bond motifs is 1. The first-order chi connectivity index (χ1) is 15.0. The van der Waals surface area contributed by atoms with E-state index in [-0.39, 0.29) is 135 Å². The standard InChI is InChI=1S/C20H16O10P2.4Na.4H/c21-15-9-5-13(6-10-15)20(18-4-2-1-3-17(18)19(22)28-20)14-7-11-16(12-8-14)29-32(26,27)30-31(23,24)25;;;;;;;;/h1-12,21H,(H,26,27)(H2,23,24,25);;;;;;;;/q;4*+1;4*-1.